The maximum Gasteiger partial charge on any atom is 1.00 e. The number of amides is 4. The number of carbonyl (C=O) groups is 3. The standard InChI is InChI=1S/C13H20N2O3.Na/c1-4-6-7-8-13(9(3)5-2)10(16)14-12(18)15-11(13)17;/h6-7,9H,4-5,8H2,1-3H3,(H2,14,15,16,17,18);/q;+1/b7-6+;. The van der Waals surface area contributed by atoms with Crippen LogP contribution in [0.3, 0.4) is 0 Å². The summed E-state index contributed by atoms with van der Waals surface area (Å²) in [5.41, 5.74) is -1.17. The van der Waals surface area contributed by atoms with Crippen molar-refractivity contribution in [2.24, 2.45) is 11.3 Å². The van der Waals surface area contributed by atoms with Gasteiger partial charge in [-0.1, -0.05) is 39.3 Å². The summed E-state index contributed by atoms with van der Waals surface area (Å²) in [5, 5.41) is 4.40. The van der Waals surface area contributed by atoms with E-state index in [0.717, 1.165) is 6.42 Å². The molecule has 6 heteroatoms. The van der Waals surface area contributed by atoms with Crippen LogP contribution in [0, 0.1) is 11.3 Å². The number of hydrogen-bond donors (Lipinski definition) is 2. The molecule has 0 aliphatic carbocycles. The van der Waals surface area contributed by atoms with Crippen molar-refractivity contribution in [3.05, 3.63) is 12.2 Å². The monoisotopic (exact) mass is 275 g/mol. The number of nitrogens with one attached hydrogen (secondary N) is 2. The summed E-state index contributed by atoms with van der Waals surface area (Å²) >= 11 is 0. The molecule has 4 amide bonds. The molecule has 1 saturated heterocycles. The van der Waals surface area contributed by atoms with E-state index in [1.165, 1.54) is 0 Å². The summed E-state index contributed by atoms with van der Waals surface area (Å²) in [4.78, 5) is 35.3. The SMILES string of the molecule is CC/C=C/CC1(C(C)CC)C(=O)NC(=O)NC1=O.[Na+]. The number of rotatable bonds is 5. The van der Waals surface area contributed by atoms with E-state index in [4.69, 9.17) is 0 Å². The van der Waals surface area contributed by atoms with Crippen LogP contribution in [0.25, 0.3) is 0 Å². The Morgan fingerprint density at radius 2 is 1.63 bits per heavy atom. The first-order chi connectivity index (χ1) is 8.48. The van der Waals surface area contributed by atoms with Gasteiger partial charge in [0.05, 0.1) is 0 Å². The van der Waals surface area contributed by atoms with Crippen LogP contribution in [0.15, 0.2) is 12.2 Å². The molecule has 1 unspecified atom stereocenters. The normalized spacial score (nSPS) is 19.6. The van der Waals surface area contributed by atoms with Gasteiger partial charge >= 0.3 is 35.6 Å². The van der Waals surface area contributed by atoms with Gasteiger partial charge < -0.3 is 0 Å². The molecule has 1 atom stereocenters. The van der Waals surface area contributed by atoms with Gasteiger partial charge in [0.15, 0.2) is 0 Å². The first kappa shape index (κ1) is 18.4. The Morgan fingerprint density at radius 1 is 1.11 bits per heavy atom. The largest absolute Gasteiger partial charge is 1.00 e. The number of imide groups is 2. The van der Waals surface area contributed by atoms with Gasteiger partial charge in [-0.3, -0.25) is 20.2 Å². The zero-order chi connectivity index (χ0) is 13.8. The van der Waals surface area contributed by atoms with Gasteiger partial charge in [0, 0.05) is 0 Å². The molecule has 100 valence electrons. The van der Waals surface area contributed by atoms with E-state index in [1.54, 1.807) is 0 Å². The van der Waals surface area contributed by atoms with Gasteiger partial charge in [0.1, 0.15) is 5.41 Å². The van der Waals surface area contributed by atoms with E-state index in [-0.39, 0.29) is 35.5 Å². The Bertz CT molecular complexity index is 373. The molecular weight excluding hydrogens is 255 g/mol. The molecule has 1 aliphatic heterocycles. The predicted octanol–water partition coefficient (Wildman–Crippen LogP) is -1.25. The Balaban J connectivity index is 0.00000324. The maximum absolute atomic E-state index is 12.1. The van der Waals surface area contributed by atoms with Crippen molar-refractivity contribution in [2.75, 3.05) is 0 Å². The van der Waals surface area contributed by atoms with Gasteiger partial charge in [-0.05, 0) is 18.8 Å². The molecule has 1 fully saturated rings. The summed E-state index contributed by atoms with van der Waals surface area (Å²) in [5.74, 6) is -1.12. The Kier molecular flexibility index (Phi) is 7.55. The van der Waals surface area contributed by atoms with Crippen LogP contribution >= 0.6 is 0 Å². The predicted molar refractivity (Wildman–Crippen MR) is 67.6 cm³/mol. The van der Waals surface area contributed by atoms with Gasteiger partial charge in [-0.2, -0.15) is 0 Å². The summed E-state index contributed by atoms with van der Waals surface area (Å²) in [6.07, 6.45) is 5.61. The molecule has 2 N–H and O–H groups in total. The van der Waals surface area contributed by atoms with Gasteiger partial charge in [0.2, 0.25) is 11.8 Å². The van der Waals surface area contributed by atoms with E-state index in [1.807, 2.05) is 32.9 Å². The minimum atomic E-state index is -1.17. The van der Waals surface area contributed by atoms with Gasteiger partial charge in [0.25, 0.3) is 0 Å². The Labute approximate surface area is 135 Å². The molecule has 0 radical (unpaired) electrons. The van der Waals surface area contributed by atoms with Crippen molar-refractivity contribution in [3.63, 3.8) is 0 Å². The summed E-state index contributed by atoms with van der Waals surface area (Å²) in [6.45, 7) is 5.76. The number of hydrogen-bond acceptors (Lipinski definition) is 3. The van der Waals surface area contributed by atoms with Crippen molar-refractivity contribution >= 4 is 17.8 Å². The van der Waals surface area contributed by atoms with Crippen LogP contribution < -0.4 is 40.2 Å². The van der Waals surface area contributed by atoms with Crippen molar-refractivity contribution in [1.29, 1.82) is 0 Å². The molecule has 5 nitrogen and oxygen atoms in total. The smallest absolute Gasteiger partial charge is 0.277 e. The molecule has 1 rings (SSSR count). The maximum atomic E-state index is 12.1. The number of barbiturate groups is 1. The van der Waals surface area contributed by atoms with Crippen LogP contribution in [0.5, 0.6) is 0 Å². The van der Waals surface area contributed by atoms with E-state index >= 15 is 0 Å². The van der Waals surface area contributed by atoms with Crippen LogP contribution in [0.2, 0.25) is 0 Å². The molecular formula is C13H20N2NaO3+. The Hall–Kier alpha value is -0.650. The average Bonchev–Trinajstić information content (AvgIpc) is 2.32. The van der Waals surface area contributed by atoms with E-state index in [2.05, 4.69) is 10.6 Å². The second kappa shape index (κ2) is 7.82. The van der Waals surface area contributed by atoms with E-state index in [0.29, 0.717) is 12.8 Å². The molecule has 1 heterocycles. The number of urea groups is 1. The molecule has 0 saturated carbocycles. The van der Waals surface area contributed by atoms with Crippen molar-refractivity contribution in [2.45, 2.75) is 40.0 Å². The molecule has 19 heavy (non-hydrogen) atoms. The third-order valence-corrected chi connectivity index (χ3v) is 3.56. The second-order valence-electron chi connectivity index (χ2n) is 4.60. The van der Waals surface area contributed by atoms with Crippen LogP contribution in [0.4, 0.5) is 4.79 Å². The molecule has 1 aliphatic rings. The fourth-order valence-corrected chi connectivity index (χ4v) is 2.18. The van der Waals surface area contributed by atoms with Crippen LogP contribution in [0.1, 0.15) is 40.0 Å². The summed E-state index contributed by atoms with van der Waals surface area (Å²) < 4.78 is 0. The number of allylic oxidation sites excluding steroid dienone is 2. The zero-order valence-electron chi connectivity index (χ0n) is 12.1. The van der Waals surface area contributed by atoms with Gasteiger partial charge in [-0.15, -0.1) is 0 Å². The average molecular weight is 275 g/mol. The minimum absolute atomic E-state index is 0. The third kappa shape index (κ3) is 3.68. The first-order valence-electron chi connectivity index (χ1n) is 6.30. The van der Waals surface area contributed by atoms with Crippen LogP contribution in [-0.4, -0.2) is 17.8 Å². The zero-order valence-corrected chi connectivity index (χ0v) is 14.1. The van der Waals surface area contributed by atoms with Crippen LogP contribution in [-0.2, 0) is 9.59 Å². The third-order valence-electron chi connectivity index (χ3n) is 3.56. The second-order valence-corrected chi connectivity index (χ2v) is 4.60. The van der Waals surface area contributed by atoms with E-state index < -0.39 is 23.3 Å². The van der Waals surface area contributed by atoms with E-state index in [9.17, 15) is 14.4 Å². The summed E-state index contributed by atoms with van der Waals surface area (Å²) in [6, 6.07) is -0.733. The molecule has 0 spiro atoms. The quantitative estimate of drug-likeness (QED) is 0.374. The topological polar surface area (TPSA) is 75.3 Å². The van der Waals surface area contributed by atoms with Crippen molar-refractivity contribution in [3.8, 4) is 0 Å². The molecule has 0 aromatic heterocycles. The molecule has 0 aromatic rings. The van der Waals surface area contributed by atoms with Crippen molar-refractivity contribution in [1.82, 2.24) is 10.6 Å². The Morgan fingerprint density at radius 3 is 2.05 bits per heavy atom. The summed E-state index contributed by atoms with van der Waals surface area (Å²) in [7, 11) is 0. The first-order valence-corrected chi connectivity index (χ1v) is 6.30. The van der Waals surface area contributed by atoms with Crippen molar-refractivity contribution < 1.29 is 43.9 Å². The fourth-order valence-electron chi connectivity index (χ4n) is 2.18. The molecule has 0 aromatic carbocycles. The minimum Gasteiger partial charge on any atom is -0.277 e. The fraction of sp³-hybridized carbons (Fsp3) is 0.615. The number of carbonyl (C=O) groups excluding carboxylic acids is 3. The van der Waals surface area contributed by atoms with Gasteiger partial charge in [-0.25, -0.2) is 4.79 Å². The molecule has 0 bridgehead atoms.